The molecule has 1 aliphatic rings. The smallest absolute Gasteiger partial charge is 0.250 e. The minimum absolute atomic E-state index is 0.257. The second-order valence-corrected chi connectivity index (χ2v) is 10.9. The van der Waals surface area contributed by atoms with Gasteiger partial charge >= 0.3 is 0 Å². The Balaban J connectivity index is 1.39. The Bertz CT molecular complexity index is 1300. The van der Waals surface area contributed by atoms with Gasteiger partial charge in [0.25, 0.3) is 0 Å². The van der Waals surface area contributed by atoms with Crippen molar-refractivity contribution in [3.63, 3.8) is 0 Å². The van der Waals surface area contributed by atoms with Crippen LogP contribution < -0.4 is 5.32 Å². The lowest BCUT2D eigenvalue weighted by Gasteiger charge is -2.37. The fourth-order valence-electron chi connectivity index (χ4n) is 4.14. The SMILES string of the molecule is CNCc1ccc(-c2nnc(-c3cc(-c4ccc(S(O)(O)C5CCOC5)cc4)cnc3C)o2)cc1. The van der Waals surface area contributed by atoms with Gasteiger partial charge in [-0.2, -0.15) is 10.6 Å². The lowest BCUT2D eigenvalue weighted by molar-refractivity contribution is 0.197. The molecule has 0 amide bonds. The standard InChI is InChI=1S/C26H28N4O4S/c1-17-24(26-30-29-25(34-26)20-5-3-18(4-6-20)14-27-2)13-21(15-28-17)19-7-9-22(10-8-19)35(31,32)23-11-12-33-16-23/h3-10,13,15,23,27,31-32H,11-12,14,16H2,1-2H3. The molecule has 4 aromatic rings. The zero-order chi connectivity index (χ0) is 24.4. The molecule has 1 unspecified atom stereocenters. The number of aryl methyl sites for hydroxylation is 1. The Hall–Kier alpha value is -3.08. The molecule has 8 nitrogen and oxygen atoms in total. The number of hydrogen-bond donors (Lipinski definition) is 3. The van der Waals surface area contributed by atoms with Gasteiger partial charge in [0.05, 0.1) is 22.3 Å². The van der Waals surface area contributed by atoms with Crippen LogP contribution in [0.2, 0.25) is 0 Å². The number of pyridine rings is 1. The first kappa shape index (κ1) is 23.7. The van der Waals surface area contributed by atoms with Gasteiger partial charge in [0, 0.05) is 36.2 Å². The lowest BCUT2D eigenvalue weighted by Crippen LogP contribution is -2.17. The molecule has 1 saturated heterocycles. The molecule has 3 N–H and O–H groups in total. The lowest BCUT2D eigenvalue weighted by atomic mass is 10.0. The van der Waals surface area contributed by atoms with Gasteiger partial charge < -0.3 is 14.5 Å². The molecular weight excluding hydrogens is 464 g/mol. The van der Waals surface area contributed by atoms with Crippen LogP contribution in [0, 0.1) is 6.92 Å². The van der Waals surface area contributed by atoms with E-state index >= 15 is 0 Å². The number of ether oxygens (including phenoxy) is 1. The highest BCUT2D eigenvalue weighted by molar-refractivity contribution is 8.24. The summed E-state index contributed by atoms with van der Waals surface area (Å²) in [6, 6.07) is 17.2. The number of benzene rings is 2. The van der Waals surface area contributed by atoms with Crippen LogP contribution in [0.4, 0.5) is 0 Å². The maximum Gasteiger partial charge on any atom is 0.250 e. The Morgan fingerprint density at radius 1 is 0.971 bits per heavy atom. The van der Waals surface area contributed by atoms with Crippen molar-refractivity contribution in [2.45, 2.75) is 30.0 Å². The highest BCUT2D eigenvalue weighted by Crippen LogP contribution is 2.55. The van der Waals surface area contributed by atoms with Crippen LogP contribution in [0.15, 0.2) is 70.1 Å². The van der Waals surface area contributed by atoms with Crippen molar-refractivity contribution in [2.24, 2.45) is 0 Å². The van der Waals surface area contributed by atoms with Gasteiger partial charge in [-0.15, -0.1) is 10.2 Å². The van der Waals surface area contributed by atoms with Crippen molar-refractivity contribution in [2.75, 3.05) is 20.3 Å². The van der Waals surface area contributed by atoms with E-state index in [4.69, 9.17) is 9.15 Å². The van der Waals surface area contributed by atoms with Crippen molar-refractivity contribution in [3.8, 4) is 34.0 Å². The van der Waals surface area contributed by atoms with E-state index in [-0.39, 0.29) is 5.25 Å². The summed E-state index contributed by atoms with van der Waals surface area (Å²) in [6.07, 6.45) is 2.44. The van der Waals surface area contributed by atoms with Crippen LogP contribution in [0.5, 0.6) is 0 Å². The number of nitrogens with zero attached hydrogens (tertiary/aromatic N) is 3. The largest absolute Gasteiger partial charge is 0.416 e. The normalized spacial score (nSPS) is 16.5. The van der Waals surface area contributed by atoms with Crippen LogP contribution in [-0.4, -0.2) is 49.8 Å². The summed E-state index contributed by atoms with van der Waals surface area (Å²) in [4.78, 5) is 5.06. The third kappa shape index (κ3) is 4.86. The van der Waals surface area contributed by atoms with Gasteiger partial charge in [0.1, 0.15) is 0 Å². The van der Waals surface area contributed by atoms with E-state index in [2.05, 4.69) is 20.5 Å². The molecule has 0 aliphatic carbocycles. The molecule has 2 aromatic heterocycles. The molecule has 1 fully saturated rings. The highest BCUT2D eigenvalue weighted by Gasteiger charge is 2.31. The summed E-state index contributed by atoms with van der Waals surface area (Å²) in [5.41, 5.74) is 5.33. The zero-order valence-corrected chi connectivity index (χ0v) is 20.5. The molecule has 1 atom stereocenters. The molecule has 2 aromatic carbocycles. The summed E-state index contributed by atoms with van der Waals surface area (Å²) < 4.78 is 32.8. The average molecular weight is 493 g/mol. The highest BCUT2D eigenvalue weighted by atomic mass is 32.3. The molecule has 3 heterocycles. The van der Waals surface area contributed by atoms with E-state index in [0.717, 1.165) is 34.5 Å². The van der Waals surface area contributed by atoms with Crippen molar-refractivity contribution >= 4 is 10.6 Å². The van der Waals surface area contributed by atoms with Crippen LogP contribution in [0.3, 0.4) is 0 Å². The quantitative estimate of drug-likeness (QED) is 0.315. The van der Waals surface area contributed by atoms with Crippen LogP contribution in [0.25, 0.3) is 34.0 Å². The van der Waals surface area contributed by atoms with Crippen molar-refractivity contribution in [1.29, 1.82) is 0 Å². The molecule has 0 saturated carbocycles. The first-order valence-corrected chi connectivity index (χ1v) is 13.1. The first-order valence-electron chi connectivity index (χ1n) is 11.5. The summed E-state index contributed by atoms with van der Waals surface area (Å²) in [5, 5.41) is 11.4. The summed E-state index contributed by atoms with van der Waals surface area (Å²) in [6.45, 7) is 3.64. The third-order valence-corrected chi connectivity index (χ3v) is 8.48. The molecular formula is C26H28N4O4S. The molecule has 1 aliphatic heterocycles. The van der Waals surface area contributed by atoms with E-state index in [0.29, 0.717) is 36.3 Å². The first-order chi connectivity index (χ1) is 17.0. The van der Waals surface area contributed by atoms with Gasteiger partial charge in [-0.3, -0.25) is 14.1 Å². The van der Waals surface area contributed by atoms with Crippen LogP contribution in [0.1, 0.15) is 17.7 Å². The van der Waals surface area contributed by atoms with E-state index in [1.165, 1.54) is 5.56 Å². The summed E-state index contributed by atoms with van der Waals surface area (Å²) in [7, 11) is -0.990. The maximum absolute atomic E-state index is 10.7. The number of aromatic nitrogens is 3. The van der Waals surface area contributed by atoms with Crippen molar-refractivity contribution in [3.05, 3.63) is 72.1 Å². The minimum Gasteiger partial charge on any atom is -0.416 e. The van der Waals surface area contributed by atoms with Crippen molar-refractivity contribution < 1.29 is 18.3 Å². The predicted octanol–water partition coefficient (Wildman–Crippen LogP) is 5.39. The van der Waals surface area contributed by atoms with E-state index < -0.39 is 10.6 Å². The van der Waals surface area contributed by atoms with E-state index in [1.54, 1.807) is 18.3 Å². The molecule has 9 heteroatoms. The maximum atomic E-state index is 10.7. The van der Waals surface area contributed by atoms with Gasteiger partial charge in [-0.25, -0.2) is 0 Å². The number of nitrogens with one attached hydrogen (secondary N) is 1. The average Bonchev–Trinajstić information content (AvgIpc) is 3.59. The Labute approximate surface area is 205 Å². The van der Waals surface area contributed by atoms with Crippen LogP contribution in [-0.2, 0) is 11.3 Å². The minimum atomic E-state index is -2.90. The van der Waals surface area contributed by atoms with Crippen LogP contribution >= 0.6 is 10.6 Å². The molecule has 0 radical (unpaired) electrons. The Kier molecular flexibility index (Phi) is 6.68. The second-order valence-electron chi connectivity index (χ2n) is 8.60. The van der Waals surface area contributed by atoms with Gasteiger partial charge in [-0.1, -0.05) is 24.3 Å². The molecule has 35 heavy (non-hydrogen) atoms. The zero-order valence-electron chi connectivity index (χ0n) is 19.6. The second kappa shape index (κ2) is 9.88. The third-order valence-electron chi connectivity index (χ3n) is 6.21. The fraction of sp³-hybridized carbons (Fsp3) is 0.269. The van der Waals surface area contributed by atoms with Crippen molar-refractivity contribution in [1.82, 2.24) is 20.5 Å². The topological polar surface area (TPSA) is 114 Å². The van der Waals surface area contributed by atoms with E-state index in [1.807, 2.05) is 56.4 Å². The Morgan fingerprint density at radius 2 is 1.69 bits per heavy atom. The fourth-order valence-corrected chi connectivity index (χ4v) is 5.77. The molecule has 0 bridgehead atoms. The number of hydrogen-bond acceptors (Lipinski definition) is 8. The Morgan fingerprint density at radius 3 is 2.37 bits per heavy atom. The van der Waals surface area contributed by atoms with Gasteiger partial charge in [0.15, 0.2) is 0 Å². The summed E-state index contributed by atoms with van der Waals surface area (Å²) >= 11 is 0. The van der Waals surface area contributed by atoms with Gasteiger partial charge in [0.2, 0.25) is 11.8 Å². The summed E-state index contributed by atoms with van der Waals surface area (Å²) in [5.74, 6) is 0.851. The number of rotatable bonds is 7. The predicted molar refractivity (Wildman–Crippen MR) is 136 cm³/mol. The monoisotopic (exact) mass is 492 g/mol. The van der Waals surface area contributed by atoms with E-state index in [9.17, 15) is 9.11 Å². The molecule has 182 valence electrons. The van der Waals surface area contributed by atoms with Gasteiger partial charge in [-0.05, 0) is 61.9 Å². The molecule has 5 rings (SSSR count). The molecule has 0 spiro atoms.